The number of oxime groups is 1. The van der Waals surface area contributed by atoms with Gasteiger partial charge in [0.15, 0.2) is 0 Å². The predicted octanol–water partition coefficient (Wildman–Crippen LogP) is 4.36. The molecule has 2 aromatic rings. The molecule has 1 saturated heterocycles. The number of anilines is 1. The van der Waals surface area contributed by atoms with Crippen molar-refractivity contribution < 1.29 is 9.76 Å². The lowest BCUT2D eigenvalue weighted by Crippen LogP contribution is -2.19. The third-order valence-electron chi connectivity index (χ3n) is 4.87. The molecule has 2 aromatic carbocycles. The van der Waals surface area contributed by atoms with Crippen molar-refractivity contribution in [1.82, 2.24) is 0 Å². The van der Waals surface area contributed by atoms with Gasteiger partial charge >= 0.3 is 0 Å². The highest BCUT2D eigenvalue weighted by Crippen LogP contribution is 2.27. The largest absolute Gasteiger partial charge is 0.391 e. The summed E-state index contributed by atoms with van der Waals surface area (Å²) in [7, 11) is 0. The lowest BCUT2D eigenvalue weighted by molar-refractivity contribution is -0.384. The molecule has 0 spiro atoms. The van der Waals surface area contributed by atoms with Gasteiger partial charge in [-0.15, -0.1) is 0 Å². The highest BCUT2D eigenvalue weighted by Gasteiger charge is 2.16. The number of nitrogens with zero attached hydrogens (tertiary/aromatic N) is 3. The summed E-state index contributed by atoms with van der Waals surface area (Å²) in [6, 6.07) is 10.6. The second kappa shape index (κ2) is 7.99. The molecule has 1 fully saturated rings. The van der Waals surface area contributed by atoms with E-state index in [1.807, 2.05) is 0 Å². The third kappa shape index (κ3) is 4.02. The van der Waals surface area contributed by atoms with Gasteiger partial charge < -0.3 is 9.74 Å². The molecule has 0 amide bonds. The fraction of sp³-hybridized carbons (Fsp3) is 0.350. The van der Waals surface area contributed by atoms with Crippen molar-refractivity contribution in [2.24, 2.45) is 5.16 Å². The van der Waals surface area contributed by atoms with Crippen LogP contribution in [0.3, 0.4) is 0 Å². The summed E-state index contributed by atoms with van der Waals surface area (Å²) < 4.78 is 0. The highest BCUT2D eigenvalue weighted by atomic mass is 16.6. The van der Waals surface area contributed by atoms with Gasteiger partial charge in [-0.05, 0) is 55.0 Å². The van der Waals surface area contributed by atoms with Crippen LogP contribution < -0.4 is 4.90 Å². The molecule has 0 atom stereocenters. The Kier molecular flexibility index (Phi) is 5.51. The van der Waals surface area contributed by atoms with Crippen LogP contribution in [-0.4, -0.2) is 24.2 Å². The van der Waals surface area contributed by atoms with Crippen molar-refractivity contribution in [3.63, 3.8) is 0 Å². The summed E-state index contributed by atoms with van der Waals surface area (Å²) in [6.45, 7) is 6.68. The average Bonchev–Trinajstić information content (AvgIpc) is 3.17. The van der Waals surface area contributed by atoms with Crippen molar-refractivity contribution in [2.75, 3.05) is 18.0 Å². The fourth-order valence-electron chi connectivity index (χ4n) is 3.23. The summed E-state index contributed by atoms with van der Waals surface area (Å²) in [6.07, 6.45) is 4.22. The van der Waals surface area contributed by atoms with Gasteiger partial charge in [0.25, 0.3) is 5.69 Å². The predicted molar refractivity (Wildman–Crippen MR) is 103 cm³/mol. The lowest BCUT2D eigenvalue weighted by Gasteiger charge is -2.22. The van der Waals surface area contributed by atoms with E-state index in [0.29, 0.717) is 5.56 Å². The van der Waals surface area contributed by atoms with Crippen molar-refractivity contribution in [2.45, 2.75) is 33.3 Å². The van der Waals surface area contributed by atoms with Crippen LogP contribution >= 0.6 is 0 Å². The van der Waals surface area contributed by atoms with E-state index in [2.05, 4.69) is 36.0 Å². The number of nitro benzene ring substituents is 1. The molecule has 0 saturated carbocycles. The van der Waals surface area contributed by atoms with E-state index in [9.17, 15) is 10.1 Å². The molecule has 3 rings (SSSR count). The summed E-state index contributed by atoms with van der Waals surface area (Å²) >= 11 is 0. The minimum atomic E-state index is -0.416. The van der Waals surface area contributed by atoms with Crippen LogP contribution in [0.5, 0.6) is 0 Å². The Bertz CT molecular complexity index is 827. The first-order valence-corrected chi connectivity index (χ1v) is 8.80. The zero-order valence-corrected chi connectivity index (χ0v) is 15.1. The number of hydrogen-bond donors (Lipinski definition) is 0. The monoisotopic (exact) mass is 353 g/mol. The molecule has 1 aliphatic rings. The van der Waals surface area contributed by atoms with Gasteiger partial charge in [0.05, 0.1) is 11.1 Å². The first-order valence-electron chi connectivity index (χ1n) is 8.80. The Morgan fingerprint density at radius 2 is 1.96 bits per heavy atom. The molecular weight excluding hydrogens is 330 g/mol. The number of hydrogen-bond acceptors (Lipinski definition) is 5. The van der Waals surface area contributed by atoms with E-state index >= 15 is 0 Å². The Balaban J connectivity index is 1.64. The minimum absolute atomic E-state index is 0.0547. The summed E-state index contributed by atoms with van der Waals surface area (Å²) in [5, 5.41) is 14.8. The van der Waals surface area contributed by atoms with Crippen LogP contribution in [-0.2, 0) is 11.4 Å². The first-order chi connectivity index (χ1) is 12.6. The second-order valence-electron chi connectivity index (χ2n) is 6.55. The SMILES string of the molecule is Cc1c(/C=N\OCc2cccc([N+](=O)[O-])c2)ccc(N2CCCC2)c1C. The standard InChI is InChI=1S/C20H23N3O3/c1-15-16(2)20(22-10-3-4-11-22)9-8-18(15)13-21-26-14-17-6-5-7-19(12-17)23(24)25/h5-9,12-13H,3-4,10-11,14H2,1-2H3/b21-13-. The van der Waals surface area contributed by atoms with Crippen LogP contribution in [0.25, 0.3) is 0 Å². The molecule has 0 aromatic heterocycles. The van der Waals surface area contributed by atoms with Gasteiger partial charge in [-0.2, -0.15) is 0 Å². The Morgan fingerprint density at radius 1 is 1.19 bits per heavy atom. The molecule has 26 heavy (non-hydrogen) atoms. The smallest absolute Gasteiger partial charge is 0.269 e. The van der Waals surface area contributed by atoms with E-state index in [1.54, 1.807) is 18.3 Å². The number of nitro groups is 1. The number of benzene rings is 2. The number of rotatable bonds is 6. The maximum Gasteiger partial charge on any atom is 0.269 e. The molecule has 0 unspecified atom stereocenters. The Morgan fingerprint density at radius 3 is 2.69 bits per heavy atom. The first kappa shape index (κ1) is 17.9. The van der Waals surface area contributed by atoms with E-state index in [0.717, 1.165) is 18.7 Å². The lowest BCUT2D eigenvalue weighted by atomic mass is 10.0. The van der Waals surface area contributed by atoms with E-state index in [-0.39, 0.29) is 12.3 Å². The van der Waals surface area contributed by atoms with Crippen molar-refractivity contribution in [3.8, 4) is 0 Å². The second-order valence-corrected chi connectivity index (χ2v) is 6.55. The van der Waals surface area contributed by atoms with Gasteiger partial charge in [-0.3, -0.25) is 10.1 Å². The van der Waals surface area contributed by atoms with Crippen LogP contribution in [0.15, 0.2) is 41.6 Å². The summed E-state index contributed by atoms with van der Waals surface area (Å²) in [5.74, 6) is 0. The molecule has 0 N–H and O–H groups in total. The molecule has 6 heteroatoms. The third-order valence-corrected chi connectivity index (χ3v) is 4.87. The van der Waals surface area contributed by atoms with Gasteiger partial charge in [-0.25, -0.2) is 0 Å². The maximum absolute atomic E-state index is 10.8. The van der Waals surface area contributed by atoms with E-state index in [4.69, 9.17) is 4.84 Å². The van der Waals surface area contributed by atoms with Crippen molar-refractivity contribution >= 4 is 17.6 Å². The zero-order chi connectivity index (χ0) is 18.5. The van der Waals surface area contributed by atoms with Crippen molar-refractivity contribution in [1.29, 1.82) is 0 Å². The normalized spacial score (nSPS) is 14.2. The van der Waals surface area contributed by atoms with E-state index in [1.165, 1.54) is 41.8 Å². The molecule has 1 heterocycles. The van der Waals surface area contributed by atoms with Crippen molar-refractivity contribution in [3.05, 3.63) is 68.8 Å². The van der Waals surface area contributed by atoms with Crippen LogP contribution in [0, 0.1) is 24.0 Å². The molecular formula is C20H23N3O3. The van der Waals surface area contributed by atoms with Crippen LogP contribution in [0.1, 0.15) is 35.1 Å². The summed E-state index contributed by atoms with van der Waals surface area (Å²) in [5.41, 5.74) is 5.55. The fourth-order valence-corrected chi connectivity index (χ4v) is 3.23. The highest BCUT2D eigenvalue weighted by molar-refractivity contribution is 5.83. The van der Waals surface area contributed by atoms with Crippen LogP contribution in [0.2, 0.25) is 0 Å². The Labute approximate surface area is 153 Å². The average molecular weight is 353 g/mol. The molecule has 0 aliphatic carbocycles. The maximum atomic E-state index is 10.8. The number of non-ortho nitro benzene ring substituents is 1. The van der Waals surface area contributed by atoms with Gasteiger partial charge in [-0.1, -0.05) is 23.4 Å². The topological polar surface area (TPSA) is 68.0 Å². The van der Waals surface area contributed by atoms with E-state index < -0.39 is 4.92 Å². The molecule has 0 radical (unpaired) electrons. The van der Waals surface area contributed by atoms with Gasteiger partial charge in [0, 0.05) is 30.9 Å². The van der Waals surface area contributed by atoms with Crippen LogP contribution in [0.4, 0.5) is 11.4 Å². The minimum Gasteiger partial charge on any atom is -0.391 e. The van der Waals surface area contributed by atoms with Gasteiger partial charge in [0.1, 0.15) is 6.61 Å². The summed E-state index contributed by atoms with van der Waals surface area (Å²) in [4.78, 5) is 18.1. The molecule has 136 valence electrons. The molecule has 1 aliphatic heterocycles. The van der Waals surface area contributed by atoms with Gasteiger partial charge in [0.2, 0.25) is 0 Å². The Hall–Kier alpha value is -2.89. The zero-order valence-electron chi connectivity index (χ0n) is 15.1. The quantitative estimate of drug-likeness (QED) is 0.439. The molecule has 0 bridgehead atoms. The molecule has 6 nitrogen and oxygen atoms in total.